The third kappa shape index (κ3) is 2.96. The van der Waals surface area contributed by atoms with Crippen LogP contribution in [0.4, 0.5) is 5.82 Å². The van der Waals surface area contributed by atoms with Crippen LogP contribution in [0.3, 0.4) is 0 Å². The third-order valence-electron chi connectivity index (χ3n) is 4.72. The number of nitrogens with zero attached hydrogens (tertiary/aromatic N) is 1. The van der Waals surface area contributed by atoms with Crippen molar-refractivity contribution < 1.29 is 19.1 Å². The minimum atomic E-state index is -0.633. The smallest absolute Gasteiger partial charge is 0.337 e. The Morgan fingerprint density at radius 2 is 1.52 bits per heavy atom. The highest BCUT2D eigenvalue weighted by Gasteiger charge is 2.31. The van der Waals surface area contributed by atoms with Crippen LogP contribution in [-0.2, 0) is 4.74 Å². The monoisotopic (exact) mass is 389 g/mol. The molecule has 0 aliphatic carbocycles. The van der Waals surface area contributed by atoms with Gasteiger partial charge in [-0.15, -0.1) is 0 Å². The second-order valence-corrected chi connectivity index (χ2v) is 6.39. The summed E-state index contributed by atoms with van der Waals surface area (Å²) in [5, 5.41) is 2.13. The number of ether oxygens (including phenoxy) is 1. The molecule has 0 radical (unpaired) electrons. The first-order valence-corrected chi connectivity index (χ1v) is 8.61. The summed E-state index contributed by atoms with van der Waals surface area (Å²) < 4.78 is 5.86. The largest absolute Gasteiger partial charge is 0.465 e. The zero-order chi connectivity index (χ0) is 20.7. The molecule has 144 valence electrons. The lowest BCUT2D eigenvalue weighted by Crippen LogP contribution is -2.24. The number of pyridine rings is 1. The molecule has 0 unspecified atom stereocenters. The summed E-state index contributed by atoms with van der Waals surface area (Å²) in [5.74, 6) is -1.77. The number of carbonyl (C=O) groups is 3. The average molecular weight is 389 g/mol. The summed E-state index contributed by atoms with van der Waals surface area (Å²) in [5.41, 5.74) is 8.12. The van der Waals surface area contributed by atoms with Crippen LogP contribution in [0.25, 0.3) is 16.8 Å². The number of benzene rings is 2. The van der Waals surface area contributed by atoms with Crippen LogP contribution in [0, 0.1) is 0 Å². The highest BCUT2D eigenvalue weighted by Crippen LogP contribution is 2.25. The number of hydrogen-bond acceptors (Lipinski definition) is 6. The van der Waals surface area contributed by atoms with Crippen molar-refractivity contribution in [2.75, 3.05) is 12.8 Å². The number of imide groups is 1. The van der Waals surface area contributed by atoms with Crippen molar-refractivity contribution in [3.05, 3.63) is 81.6 Å². The van der Waals surface area contributed by atoms with E-state index in [0.29, 0.717) is 11.3 Å². The molecule has 4 rings (SSSR count). The second-order valence-electron chi connectivity index (χ2n) is 6.39. The standard InChI is InChI=1S/C21H15N3O5/c1-29-21(28)13-4-2-11(3-5-13)12-6-8-14(9-7-12)24-16(25)10-15-17(18(24)22)20(27)23-19(15)26/h2-10H,22H2,1H3,(H,23,26,27). The zero-order valence-electron chi connectivity index (χ0n) is 15.3. The van der Waals surface area contributed by atoms with Crippen LogP contribution in [0.2, 0.25) is 0 Å². The molecule has 0 spiro atoms. The van der Waals surface area contributed by atoms with E-state index in [-0.39, 0.29) is 16.9 Å². The second kappa shape index (κ2) is 6.75. The highest BCUT2D eigenvalue weighted by molar-refractivity contribution is 6.23. The molecule has 1 aromatic heterocycles. The average Bonchev–Trinajstić information content (AvgIpc) is 3.01. The van der Waals surface area contributed by atoms with Gasteiger partial charge in [-0.1, -0.05) is 24.3 Å². The number of fused-ring (bicyclic) bond motifs is 1. The van der Waals surface area contributed by atoms with E-state index in [2.05, 4.69) is 10.1 Å². The normalized spacial score (nSPS) is 12.4. The molecular formula is C21H15N3O5. The van der Waals surface area contributed by atoms with E-state index >= 15 is 0 Å². The fourth-order valence-electron chi connectivity index (χ4n) is 3.27. The van der Waals surface area contributed by atoms with Crippen molar-refractivity contribution in [1.29, 1.82) is 0 Å². The number of nitrogens with two attached hydrogens (primary N) is 1. The number of amides is 2. The molecular weight excluding hydrogens is 374 g/mol. The predicted octanol–water partition coefficient (Wildman–Crippen LogP) is 1.76. The van der Waals surface area contributed by atoms with Crippen LogP contribution in [-0.4, -0.2) is 29.5 Å². The summed E-state index contributed by atoms with van der Waals surface area (Å²) >= 11 is 0. The molecule has 0 bridgehead atoms. The quantitative estimate of drug-likeness (QED) is 0.520. The lowest BCUT2D eigenvalue weighted by Gasteiger charge is -2.12. The van der Waals surface area contributed by atoms with Crippen LogP contribution in [0.1, 0.15) is 31.1 Å². The van der Waals surface area contributed by atoms with Gasteiger partial charge >= 0.3 is 5.97 Å². The minimum Gasteiger partial charge on any atom is -0.465 e. The van der Waals surface area contributed by atoms with Gasteiger partial charge in [-0.25, -0.2) is 4.79 Å². The SMILES string of the molecule is COC(=O)c1ccc(-c2ccc(-n3c(N)c4c(cc3=O)C(=O)NC4=O)cc2)cc1. The Bertz CT molecular complexity index is 1220. The van der Waals surface area contributed by atoms with Crippen LogP contribution >= 0.6 is 0 Å². The van der Waals surface area contributed by atoms with E-state index < -0.39 is 23.3 Å². The number of anilines is 1. The summed E-state index contributed by atoms with van der Waals surface area (Å²) in [7, 11) is 1.32. The van der Waals surface area contributed by atoms with Gasteiger partial charge in [-0.3, -0.25) is 24.3 Å². The number of rotatable bonds is 3. The van der Waals surface area contributed by atoms with Gasteiger partial charge in [0.15, 0.2) is 0 Å². The maximum atomic E-state index is 12.5. The van der Waals surface area contributed by atoms with Crippen LogP contribution in [0.5, 0.6) is 0 Å². The number of methoxy groups -OCH3 is 1. The molecule has 8 nitrogen and oxygen atoms in total. The fraction of sp³-hybridized carbons (Fsp3) is 0.0476. The molecule has 0 saturated heterocycles. The Balaban J connectivity index is 1.72. The van der Waals surface area contributed by atoms with E-state index in [4.69, 9.17) is 5.73 Å². The van der Waals surface area contributed by atoms with E-state index in [0.717, 1.165) is 17.2 Å². The molecule has 2 aromatic carbocycles. The zero-order valence-corrected chi connectivity index (χ0v) is 15.3. The van der Waals surface area contributed by atoms with Crippen molar-refractivity contribution in [2.24, 2.45) is 0 Å². The van der Waals surface area contributed by atoms with Gasteiger partial charge in [0, 0.05) is 6.07 Å². The number of nitrogens with one attached hydrogen (secondary N) is 1. The molecule has 3 N–H and O–H groups in total. The van der Waals surface area contributed by atoms with Crippen molar-refractivity contribution in [2.45, 2.75) is 0 Å². The van der Waals surface area contributed by atoms with Gasteiger partial charge in [-0.2, -0.15) is 0 Å². The Kier molecular flexibility index (Phi) is 4.23. The Morgan fingerprint density at radius 1 is 0.931 bits per heavy atom. The molecule has 0 fully saturated rings. The van der Waals surface area contributed by atoms with E-state index in [1.807, 2.05) is 0 Å². The Hall–Kier alpha value is -4.20. The number of nitrogen functional groups attached to an aromatic ring is 1. The summed E-state index contributed by atoms with van der Waals surface area (Å²) in [6, 6.07) is 14.9. The minimum absolute atomic E-state index is 0.00271. The first kappa shape index (κ1) is 18.2. The first-order chi connectivity index (χ1) is 13.9. The fourth-order valence-corrected chi connectivity index (χ4v) is 3.27. The molecule has 3 aromatic rings. The lowest BCUT2D eigenvalue weighted by molar-refractivity contribution is 0.0600. The van der Waals surface area contributed by atoms with Crippen molar-refractivity contribution >= 4 is 23.6 Å². The molecule has 1 aliphatic rings. The number of carbonyl (C=O) groups excluding carboxylic acids is 3. The van der Waals surface area contributed by atoms with E-state index in [9.17, 15) is 19.2 Å². The van der Waals surface area contributed by atoms with Gasteiger partial charge < -0.3 is 10.5 Å². The highest BCUT2D eigenvalue weighted by atomic mass is 16.5. The summed E-state index contributed by atoms with van der Waals surface area (Å²) in [4.78, 5) is 47.7. The molecule has 2 amide bonds. The van der Waals surface area contributed by atoms with Crippen molar-refractivity contribution in [3.8, 4) is 16.8 Å². The maximum Gasteiger partial charge on any atom is 0.337 e. The summed E-state index contributed by atoms with van der Waals surface area (Å²) in [6.45, 7) is 0. The lowest BCUT2D eigenvalue weighted by atomic mass is 10.0. The van der Waals surface area contributed by atoms with Crippen molar-refractivity contribution in [1.82, 2.24) is 9.88 Å². The molecule has 8 heteroatoms. The summed E-state index contributed by atoms with van der Waals surface area (Å²) in [6.07, 6.45) is 0. The van der Waals surface area contributed by atoms with Gasteiger partial charge in [0.1, 0.15) is 5.82 Å². The maximum absolute atomic E-state index is 12.5. The van der Waals surface area contributed by atoms with Crippen LogP contribution in [0.15, 0.2) is 59.4 Å². The van der Waals surface area contributed by atoms with Gasteiger partial charge in [0.05, 0.1) is 29.5 Å². The van der Waals surface area contributed by atoms with E-state index in [1.165, 1.54) is 11.7 Å². The van der Waals surface area contributed by atoms with Gasteiger partial charge in [-0.05, 0) is 35.4 Å². The number of esters is 1. The Morgan fingerprint density at radius 3 is 2.10 bits per heavy atom. The number of hydrogen-bond donors (Lipinski definition) is 2. The van der Waals surface area contributed by atoms with Gasteiger partial charge in [0.2, 0.25) is 0 Å². The van der Waals surface area contributed by atoms with E-state index in [1.54, 1.807) is 48.5 Å². The van der Waals surface area contributed by atoms with Gasteiger partial charge in [0.25, 0.3) is 17.4 Å². The molecule has 0 atom stereocenters. The Labute approximate surface area is 164 Å². The predicted molar refractivity (Wildman–Crippen MR) is 105 cm³/mol. The molecule has 2 heterocycles. The van der Waals surface area contributed by atoms with Crippen molar-refractivity contribution in [3.63, 3.8) is 0 Å². The number of aromatic nitrogens is 1. The van der Waals surface area contributed by atoms with Crippen LogP contribution < -0.4 is 16.6 Å². The first-order valence-electron chi connectivity index (χ1n) is 8.61. The topological polar surface area (TPSA) is 120 Å². The molecule has 0 saturated carbocycles. The third-order valence-corrected chi connectivity index (χ3v) is 4.72. The molecule has 1 aliphatic heterocycles. The molecule has 29 heavy (non-hydrogen) atoms.